The molecule has 0 saturated heterocycles. The molecule has 0 amide bonds. The summed E-state index contributed by atoms with van der Waals surface area (Å²) in [7, 11) is 1.61. The van der Waals surface area contributed by atoms with E-state index < -0.39 is 5.63 Å². The molecule has 0 aliphatic rings. The second-order valence-corrected chi connectivity index (χ2v) is 4.01. The smallest absolute Gasteiger partial charge is 0.442 e. The molecule has 2 aromatic rings. The maximum absolute atomic E-state index is 11.2. The van der Waals surface area contributed by atoms with Gasteiger partial charge in [-0.1, -0.05) is 0 Å². The number of benzene rings is 1. The molecule has 0 unspecified atom stereocenters. The Labute approximate surface area is 99.7 Å². The predicted octanol–water partition coefficient (Wildman–Crippen LogP) is 1.32. The minimum atomic E-state index is -0.449. The highest BCUT2D eigenvalue weighted by Crippen LogP contribution is 2.17. The van der Waals surface area contributed by atoms with E-state index in [1.165, 1.54) is 4.68 Å². The van der Waals surface area contributed by atoms with Gasteiger partial charge in [-0.3, -0.25) is 4.52 Å². The maximum Gasteiger partial charge on any atom is 0.442 e. The lowest BCUT2D eigenvalue weighted by Crippen LogP contribution is -2.35. The van der Waals surface area contributed by atoms with Crippen molar-refractivity contribution >= 4 is 15.9 Å². The van der Waals surface area contributed by atoms with Crippen LogP contribution >= 0.6 is 15.9 Å². The van der Waals surface area contributed by atoms with Gasteiger partial charge in [-0.2, -0.15) is 0 Å². The Morgan fingerprint density at radius 2 is 2.25 bits per heavy atom. The van der Waals surface area contributed by atoms with E-state index in [-0.39, 0.29) is 0 Å². The molecule has 6 heteroatoms. The van der Waals surface area contributed by atoms with Crippen LogP contribution in [0.1, 0.15) is 5.56 Å². The highest BCUT2D eigenvalue weighted by molar-refractivity contribution is 9.10. The Morgan fingerprint density at radius 3 is 2.75 bits per heavy atom. The number of aromatic amines is 1. The Kier molecular flexibility index (Phi) is 2.82. The minimum absolute atomic E-state index is 0.320. The number of H-pyrrole nitrogens is 1. The average molecular weight is 286 g/mol. The summed E-state index contributed by atoms with van der Waals surface area (Å²) in [6.07, 6.45) is 0. The first-order valence-electron chi connectivity index (χ1n) is 4.57. The van der Waals surface area contributed by atoms with E-state index in [9.17, 15) is 4.79 Å². The van der Waals surface area contributed by atoms with Crippen LogP contribution in [0.25, 0.3) is 5.69 Å². The molecule has 1 heterocycles. The molecule has 0 fully saturated rings. The van der Waals surface area contributed by atoms with Gasteiger partial charge in [0.05, 0.1) is 7.11 Å². The number of hydrogen-bond donors (Lipinski definition) is 1. The van der Waals surface area contributed by atoms with Crippen LogP contribution in [-0.2, 0) is 0 Å². The zero-order valence-electron chi connectivity index (χ0n) is 8.78. The average Bonchev–Trinajstić information content (AvgIpc) is 2.60. The van der Waals surface area contributed by atoms with Gasteiger partial charge in [0, 0.05) is 27.6 Å². The SMILES string of the molecule is COc1ccc(-[n+]2[nH]oc(=O)c2Br)c(C)c1. The summed E-state index contributed by atoms with van der Waals surface area (Å²) in [6.45, 7) is 1.92. The van der Waals surface area contributed by atoms with Crippen LogP contribution in [0.2, 0.25) is 0 Å². The van der Waals surface area contributed by atoms with Crippen LogP contribution < -0.4 is 15.0 Å². The molecule has 1 aromatic carbocycles. The zero-order chi connectivity index (χ0) is 11.7. The van der Waals surface area contributed by atoms with Crippen molar-refractivity contribution in [1.82, 2.24) is 5.27 Å². The lowest BCUT2D eigenvalue weighted by atomic mass is 10.2. The van der Waals surface area contributed by atoms with Gasteiger partial charge in [0.15, 0.2) is 0 Å². The molecule has 0 saturated carbocycles. The fraction of sp³-hybridized carbons (Fsp3) is 0.200. The topological polar surface area (TPSA) is 59.1 Å². The summed E-state index contributed by atoms with van der Waals surface area (Å²) >= 11 is 3.15. The summed E-state index contributed by atoms with van der Waals surface area (Å²) in [5, 5.41) is 2.51. The highest BCUT2D eigenvalue weighted by Gasteiger charge is 2.22. The predicted molar refractivity (Wildman–Crippen MR) is 59.8 cm³/mol. The molecule has 5 nitrogen and oxygen atoms in total. The Morgan fingerprint density at radius 1 is 1.50 bits per heavy atom. The standard InChI is InChI=1S/C10H9BrN2O3/c1-6-5-7(15-2)3-4-8(6)13-9(11)10(14)16-12-13/h3-5H,1-2H3/p+1. The molecule has 0 aliphatic heterocycles. The van der Waals surface area contributed by atoms with Crippen molar-refractivity contribution in [2.45, 2.75) is 6.92 Å². The molecule has 16 heavy (non-hydrogen) atoms. The van der Waals surface area contributed by atoms with Gasteiger partial charge < -0.3 is 4.74 Å². The van der Waals surface area contributed by atoms with Crippen molar-refractivity contribution in [2.24, 2.45) is 0 Å². The van der Waals surface area contributed by atoms with Crippen LogP contribution in [0, 0.1) is 6.92 Å². The zero-order valence-corrected chi connectivity index (χ0v) is 10.4. The second-order valence-electron chi connectivity index (χ2n) is 3.26. The van der Waals surface area contributed by atoms with E-state index in [1.807, 2.05) is 25.1 Å². The fourth-order valence-corrected chi connectivity index (χ4v) is 1.77. The number of aromatic nitrogens is 2. The van der Waals surface area contributed by atoms with Gasteiger partial charge in [-0.15, -0.1) is 0 Å². The summed E-state index contributed by atoms with van der Waals surface area (Å²) in [6, 6.07) is 5.53. The van der Waals surface area contributed by atoms with Crippen molar-refractivity contribution in [3.63, 3.8) is 0 Å². The van der Waals surface area contributed by atoms with E-state index in [4.69, 9.17) is 4.74 Å². The van der Waals surface area contributed by atoms with E-state index in [0.29, 0.717) is 4.60 Å². The number of ether oxygens (including phenoxy) is 1. The highest BCUT2D eigenvalue weighted by atomic mass is 79.9. The van der Waals surface area contributed by atoms with Crippen LogP contribution in [0.15, 0.2) is 32.1 Å². The van der Waals surface area contributed by atoms with Gasteiger partial charge in [0.25, 0.3) is 0 Å². The first kappa shape index (κ1) is 10.9. The molecule has 0 radical (unpaired) electrons. The van der Waals surface area contributed by atoms with Crippen LogP contribution in [0.5, 0.6) is 5.75 Å². The Balaban J connectivity index is 2.57. The minimum Gasteiger partial charge on any atom is -0.497 e. The molecular weight excluding hydrogens is 276 g/mol. The van der Waals surface area contributed by atoms with E-state index in [0.717, 1.165) is 17.0 Å². The van der Waals surface area contributed by atoms with Crippen LogP contribution in [0.3, 0.4) is 0 Å². The fourth-order valence-electron chi connectivity index (χ4n) is 1.42. The molecule has 0 aliphatic carbocycles. The second kappa shape index (κ2) is 4.13. The summed E-state index contributed by atoms with van der Waals surface area (Å²) in [4.78, 5) is 11.2. The first-order valence-corrected chi connectivity index (χ1v) is 5.37. The van der Waals surface area contributed by atoms with Crippen molar-refractivity contribution in [2.75, 3.05) is 7.11 Å². The third-order valence-electron chi connectivity index (χ3n) is 2.24. The number of rotatable bonds is 2. The van der Waals surface area contributed by atoms with Gasteiger partial charge >= 0.3 is 10.2 Å². The molecule has 2 rings (SSSR count). The summed E-state index contributed by atoms with van der Waals surface area (Å²) in [5.41, 5.74) is 1.33. The largest absolute Gasteiger partial charge is 0.497 e. The summed E-state index contributed by atoms with van der Waals surface area (Å²) < 4.78 is 11.6. The number of hydrogen-bond acceptors (Lipinski definition) is 3. The lowest BCUT2D eigenvalue weighted by molar-refractivity contribution is -0.680. The van der Waals surface area contributed by atoms with E-state index in [1.54, 1.807) is 7.11 Å². The number of methoxy groups -OCH3 is 1. The molecular formula is C10H10BrN2O3+. The number of halogens is 1. The molecule has 0 bridgehead atoms. The third kappa shape index (κ3) is 1.76. The first-order chi connectivity index (χ1) is 7.63. The van der Waals surface area contributed by atoms with Gasteiger partial charge in [0.2, 0.25) is 5.69 Å². The molecule has 0 atom stereocenters. The number of nitrogens with zero attached hydrogens (tertiary/aromatic N) is 1. The molecule has 1 N–H and O–H groups in total. The van der Waals surface area contributed by atoms with Crippen molar-refractivity contribution in [1.29, 1.82) is 0 Å². The lowest BCUT2D eigenvalue weighted by Gasteiger charge is -2.01. The van der Waals surface area contributed by atoms with E-state index >= 15 is 0 Å². The molecule has 1 aromatic heterocycles. The maximum atomic E-state index is 11.2. The summed E-state index contributed by atoms with van der Waals surface area (Å²) in [5.74, 6) is 0.767. The van der Waals surface area contributed by atoms with Crippen molar-refractivity contribution < 1.29 is 13.9 Å². The Hall–Kier alpha value is -1.56. The van der Waals surface area contributed by atoms with Crippen molar-refractivity contribution in [3.05, 3.63) is 38.8 Å². The van der Waals surface area contributed by atoms with Gasteiger partial charge in [-0.25, -0.2) is 4.79 Å². The normalized spacial score (nSPS) is 10.4. The number of aryl methyl sites for hydroxylation is 1. The molecule has 0 spiro atoms. The molecule has 84 valence electrons. The monoisotopic (exact) mass is 285 g/mol. The third-order valence-corrected chi connectivity index (χ3v) is 2.92. The Bertz CT molecular complexity index is 574. The van der Waals surface area contributed by atoms with Gasteiger partial charge in [0.1, 0.15) is 5.75 Å². The van der Waals surface area contributed by atoms with Crippen molar-refractivity contribution in [3.8, 4) is 11.4 Å². The number of nitrogens with one attached hydrogen (secondary N) is 1. The van der Waals surface area contributed by atoms with Gasteiger partial charge in [-0.05, 0) is 29.0 Å². The van der Waals surface area contributed by atoms with E-state index in [2.05, 4.69) is 25.7 Å². The van der Waals surface area contributed by atoms with Crippen LogP contribution in [0.4, 0.5) is 0 Å². The van der Waals surface area contributed by atoms with Crippen LogP contribution in [-0.4, -0.2) is 12.4 Å². The quantitative estimate of drug-likeness (QED) is 0.847.